The maximum Gasteiger partial charge on any atom is 0.133 e. The van der Waals surface area contributed by atoms with Crippen LogP contribution in [0.15, 0.2) is 48.5 Å². The quantitative estimate of drug-likeness (QED) is 0.517. The molecule has 0 fully saturated rings. The lowest BCUT2D eigenvalue weighted by molar-refractivity contribution is -0.884. The molecule has 0 atom stereocenters. The summed E-state index contributed by atoms with van der Waals surface area (Å²) in [5, 5.41) is 29.9. The molecule has 0 saturated heterocycles. The standard InChI is InChI=1S/2C10H15NO.C2H5NO2.ClH/c2*1-11(2,3)8-9-6-4-5-7-10(9)12;1-3-2(4)5;/h2*4-7H,8H2,1-3H3;3H,1H3,(H,4,5);1H. The first-order chi connectivity index (χ1) is 13.2. The van der Waals surface area contributed by atoms with E-state index in [1.807, 2.05) is 41.7 Å². The van der Waals surface area contributed by atoms with Gasteiger partial charge in [-0.3, -0.25) is 0 Å². The van der Waals surface area contributed by atoms with E-state index in [1.165, 1.54) is 7.05 Å². The molecule has 7 nitrogen and oxygen atoms in total. The summed E-state index contributed by atoms with van der Waals surface area (Å²) in [5.74, 6) is 0.788. The number of halogens is 1. The third kappa shape index (κ3) is 15.4. The van der Waals surface area contributed by atoms with Crippen molar-refractivity contribution in [3.63, 3.8) is 0 Å². The average Bonchev–Trinajstić information content (AvgIpc) is 2.58. The van der Waals surface area contributed by atoms with Crippen LogP contribution in [0.2, 0.25) is 0 Å². The topological polar surface area (TPSA) is 92.6 Å². The van der Waals surface area contributed by atoms with Gasteiger partial charge in [0.1, 0.15) is 30.7 Å². The zero-order chi connectivity index (χ0) is 22.7. The van der Waals surface area contributed by atoms with Crippen molar-refractivity contribution in [2.75, 3.05) is 49.3 Å². The Balaban J connectivity index is 0. The molecule has 0 heterocycles. The van der Waals surface area contributed by atoms with Gasteiger partial charge < -0.3 is 46.8 Å². The molecule has 0 spiro atoms. The normalized spacial score (nSPS) is 10.4. The maximum atomic E-state index is 9.46. The van der Waals surface area contributed by atoms with Crippen LogP contribution in [0.1, 0.15) is 11.1 Å². The highest BCUT2D eigenvalue weighted by molar-refractivity contribution is 5.61. The van der Waals surface area contributed by atoms with Gasteiger partial charge in [0.15, 0.2) is 0 Å². The average molecular weight is 442 g/mol. The number of nitrogens with zero attached hydrogens (tertiary/aromatic N) is 2. The highest BCUT2D eigenvalue weighted by atomic mass is 35.5. The smallest absolute Gasteiger partial charge is 0.133 e. The fourth-order valence-electron chi connectivity index (χ4n) is 2.31. The minimum atomic E-state index is -1.25. The van der Waals surface area contributed by atoms with Crippen molar-refractivity contribution < 1.29 is 41.5 Å². The number of carboxylic acid groups (broad SMARTS) is 1. The van der Waals surface area contributed by atoms with E-state index in [4.69, 9.17) is 9.90 Å². The molecule has 0 bridgehead atoms. The Morgan fingerprint density at radius 2 is 1.07 bits per heavy atom. The predicted octanol–water partition coefficient (Wildman–Crippen LogP) is -1.25. The van der Waals surface area contributed by atoms with E-state index in [9.17, 15) is 10.2 Å². The summed E-state index contributed by atoms with van der Waals surface area (Å²) in [7, 11) is 13.9. The Hall–Kier alpha value is -2.48. The van der Waals surface area contributed by atoms with E-state index in [2.05, 4.69) is 42.3 Å². The van der Waals surface area contributed by atoms with Crippen molar-refractivity contribution in [3.8, 4) is 11.5 Å². The van der Waals surface area contributed by atoms with Gasteiger partial charge in [-0.2, -0.15) is 0 Å². The fourth-order valence-corrected chi connectivity index (χ4v) is 2.31. The molecule has 170 valence electrons. The van der Waals surface area contributed by atoms with Crippen LogP contribution < -0.4 is 22.8 Å². The molecular weight excluding hydrogens is 406 g/mol. The molecule has 0 aliphatic carbocycles. The molecule has 3 N–H and O–H groups in total. The van der Waals surface area contributed by atoms with Gasteiger partial charge in [0.05, 0.1) is 42.3 Å². The molecule has 1 amide bonds. The first-order valence-corrected chi connectivity index (χ1v) is 9.28. The SMILES string of the molecule is CNC(=O)[O-].C[N+](C)(C)Cc1ccccc1O.C[N+](C)(C)Cc1ccccc1O.[Cl-]. The number of carbonyl (C=O) groups excluding carboxylic acids is 1. The first-order valence-electron chi connectivity index (χ1n) is 9.28. The minimum Gasteiger partial charge on any atom is -1.00 e. The molecule has 8 heteroatoms. The van der Waals surface area contributed by atoms with Gasteiger partial charge in [-0.1, -0.05) is 24.3 Å². The number of phenolic OH excluding ortho intramolecular Hbond substituents is 2. The van der Waals surface area contributed by atoms with E-state index in [-0.39, 0.29) is 12.4 Å². The van der Waals surface area contributed by atoms with Crippen LogP contribution >= 0.6 is 0 Å². The third-order valence-corrected chi connectivity index (χ3v) is 3.48. The number of nitrogens with one attached hydrogen (secondary N) is 1. The Kier molecular flexibility index (Phi) is 13.6. The van der Waals surface area contributed by atoms with Crippen molar-refractivity contribution in [2.45, 2.75) is 13.1 Å². The molecular formula is C22H36ClN3O4. The molecule has 0 aromatic heterocycles. The summed E-state index contributed by atoms with van der Waals surface area (Å²) < 4.78 is 1.66. The minimum absolute atomic E-state index is 0. The largest absolute Gasteiger partial charge is 1.00 e. The van der Waals surface area contributed by atoms with E-state index in [1.54, 1.807) is 12.1 Å². The number of rotatable bonds is 4. The number of benzene rings is 2. The van der Waals surface area contributed by atoms with Crippen molar-refractivity contribution in [3.05, 3.63) is 59.7 Å². The van der Waals surface area contributed by atoms with Gasteiger partial charge in [0, 0.05) is 18.2 Å². The number of hydrogen-bond donors (Lipinski definition) is 3. The third-order valence-electron chi connectivity index (χ3n) is 3.48. The Bertz CT molecular complexity index is 699. The van der Waals surface area contributed by atoms with Gasteiger partial charge in [0.25, 0.3) is 0 Å². The van der Waals surface area contributed by atoms with Crippen LogP contribution in [0, 0.1) is 0 Å². The summed E-state index contributed by atoms with van der Waals surface area (Å²) in [4.78, 5) is 9.15. The summed E-state index contributed by atoms with van der Waals surface area (Å²) in [6, 6.07) is 15.0. The van der Waals surface area contributed by atoms with Crippen molar-refractivity contribution in [1.82, 2.24) is 5.32 Å². The second-order valence-electron chi connectivity index (χ2n) is 8.69. The molecule has 0 aliphatic rings. The van der Waals surface area contributed by atoms with Gasteiger partial charge in [-0.05, 0) is 24.3 Å². The predicted molar refractivity (Wildman–Crippen MR) is 114 cm³/mol. The summed E-state index contributed by atoms with van der Waals surface area (Å²) in [5.41, 5.74) is 2.01. The molecule has 0 unspecified atom stereocenters. The van der Waals surface area contributed by atoms with Gasteiger partial charge in [-0.15, -0.1) is 0 Å². The van der Waals surface area contributed by atoms with E-state index in [0.29, 0.717) is 11.5 Å². The van der Waals surface area contributed by atoms with Gasteiger partial charge in [0.2, 0.25) is 0 Å². The maximum absolute atomic E-state index is 9.46. The van der Waals surface area contributed by atoms with Gasteiger partial charge in [-0.25, -0.2) is 0 Å². The lowest BCUT2D eigenvalue weighted by atomic mass is 10.2. The summed E-state index contributed by atoms with van der Waals surface area (Å²) >= 11 is 0. The number of hydrogen-bond acceptors (Lipinski definition) is 4. The fraction of sp³-hybridized carbons (Fsp3) is 0.409. The Labute approximate surface area is 186 Å². The lowest BCUT2D eigenvalue weighted by Crippen LogP contribution is -3.00. The second kappa shape index (κ2) is 13.7. The van der Waals surface area contributed by atoms with Crippen molar-refractivity contribution >= 4 is 6.09 Å². The van der Waals surface area contributed by atoms with E-state index in [0.717, 1.165) is 33.2 Å². The molecule has 2 aromatic rings. The molecule has 0 aliphatic heterocycles. The molecule has 2 aromatic carbocycles. The first kappa shape index (κ1) is 29.7. The number of amides is 1. The van der Waals surface area contributed by atoms with Crippen LogP contribution in [-0.4, -0.2) is 74.6 Å². The van der Waals surface area contributed by atoms with Crippen molar-refractivity contribution in [1.29, 1.82) is 0 Å². The molecule has 0 saturated carbocycles. The van der Waals surface area contributed by atoms with Crippen LogP contribution in [0.5, 0.6) is 11.5 Å². The number of carbonyl (C=O) groups is 1. The summed E-state index contributed by atoms with van der Waals surface area (Å²) in [6.45, 7) is 1.71. The van der Waals surface area contributed by atoms with E-state index >= 15 is 0 Å². The monoisotopic (exact) mass is 441 g/mol. The van der Waals surface area contributed by atoms with Gasteiger partial charge >= 0.3 is 0 Å². The zero-order valence-electron chi connectivity index (χ0n) is 19.0. The van der Waals surface area contributed by atoms with Crippen LogP contribution in [0.4, 0.5) is 4.79 Å². The second-order valence-corrected chi connectivity index (χ2v) is 8.69. The van der Waals surface area contributed by atoms with E-state index < -0.39 is 6.09 Å². The van der Waals surface area contributed by atoms with Crippen LogP contribution in [-0.2, 0) is 13.1 Å². The number of aromatic hydroxyl groups is 2. The Morgan fingerprint density at radius 1 is 0.800 bits per heavy atom. The number of para-hydroxylation sites is 2. The molecule has 0 radical (unpaired) electrons. The zero-order valence-corrected chi connectivity index (χ0v) is 19.8. The lowest BCUT2D eigenvalue weighted by Gasteiger charge is -2.24. The number of phenols is 2. The molecule has 2 rings (SSSR count). The van der Waals surface area contributed by atoms with Crippen LogP contribution in [0.25, 0.3) is 0 Å². The Morgan fingerprint density at radius 3 is 1.27 bits per heavy atom. The molecule has 30 heavy (non-hydrogen) atoms. The highest BCUT2D eigenvalue weighted by Crippen LogP contribution is 2.19. The number of quaternary nitrogens is 2. The van der Waals surface area contributed by atoms with Crippen LogP contribution in [0.3, 0.4) is 0 Å². The summed E-state index contributed by atoms with van der Waals surface area (Å²) in [6.07, 6.45) is -1.25. The highest BCUT2D eigenvalue weighted by Gasteiger charge is 2.11. The van der Waals surface area contributed by atoms with Crippen molar-refractivity contribution in [2.24, 2.45) is 0 Å².